The summed E-state index contributed by atoms with van der Waals surface area (Å²) in [6.45, 7) is 0. The maximum absolute atomic E-state index is 13.3. The Morgan fingerprint density at radius 1 is 1.06 bits per heavy atom. The van der Waals surface area contributed by atoms with Crippen molar-refractivity contribution in [3.63, 3.8) is 0 Å². The van der Waals surface area contributed by atoms with E-state index in [9.17, 15) is 19.7 Å². The van der Waals surface area contributed by atoms with E-state index in [0.717, 1.165) is 21.0 Å². The van der Waals surface area contributed by atoms with Gasteiger partial charge in [-0.2, -0.15) is 0 Å². The Kier molecular flexibility index (Phi) is 7.98. The van der Waals surface area contributed by atoms with Crippen LogP contribution in [0, 0.1) is 10.1 Å². The van der Waals surface area contributed by atoms with Crippen LogP contribution in [-0.4, -0.2) is 33.0 Å². The van der Waals surface area contributed by atoms with Crippen molar-refractivity contribution in [3.8, 4) is 9.88 Å². The molecule has 0 aliphatic rings. The first kappa shape index (κ1) is 24.9. The van der Waals surface area contributed by atoms with Crippen molar-refractivity contribution in [2.75, 3.05) is 0 Å². The van der Waals surface area contributed by atoms with Crippen molar-refractivity contribution in [2.45, 2.75) is 25.0 Å². The van der Waals surface area contributed by atoms with E-state index < -0.39 is 29.1 Å². The van der Waals surface area contributed by atoms with Crippen molar-refractivity contribution in [3.05, 3.63) is 98.6 Å². The summed E-state index contributed by atoms with van der Waals surface area (Å²) in [7, 11) is 0. The molecule has 36 heavy (non-hydrogen) atoms. The topological polar surface area (TPSA) is 150 Å². The van der Waals surface area contributed by atoms with Gasteiger partial charge < -0.3 is 15.8 Å². The number of nitrogens with one attached hydrogen (secondary N) is 1. The van der Waals surface area contributed by atoms with Crippen LogP contribution in [0.5, 0.6) is 0 Å². The Hall–Kier alpha value is -4.16. The van der Waals surface area contributed by atoms with Crippen molar-refractivity contribution >= 4 is 40.4 Å². The van der Waals surface area contributed by atoms with Gasteiger partial charge in [-0.05, 0) is 41.1 Å². The molecule has 0 fully saturated rings. The lowest BCUT2D eigenvalue weighted by Gasteiger charge is -2.22. The van der Waals surface area contributed by atoms with Gasteiger partial charge in [0.05, 0.1) is 21.5 Å². The number of hydrogen-bond donors (Lipinski definition) is 2. The molecule has 0 unspecified atom stereocenters. The molecule has 0 aliphatic heterocycles. The van der Waals surface area contributed by atoms with Crippen LogP contribution in [-0.2, 0) is 22.4 Å². The summed E-state index contributed by atoms with van der Waals surface area (Å²) in [4.78, 5) is 45.0. The zero-order valence-electron chi connectivity index (χ0n) is 18.8. The highest BCUT2D eigenvalue weighted by Crippen LogP contribution is 2.31. The molecule has 0 saturated carbocycles. The van der Waals surface area contributed by atoms with Crippen molar-refractivity contribution in [1.82, 2.24) is 15.3 Å². The van der Waals surface area contributed by atoms with Gasteiger partial charge in [-0.3, -0.25) is 19.9 Å². The Balaban J connectivity index is 1.59. The number of thiophene rings is 1. The second-order valence-electron chi connectivity index (χ2n) is 7.73. The summed E-state index contributed by atoms with van der Waals surface area (Å²) in [5.41, 5.74) is 7.33. The summed E-state index contributed by atoms with van der Waals surface area (Å²) in [5, 5.41) is 18.6. The number of ether oxygens (including phenoxy) is 1. The van der Waals surface area contributed by atoms with E-state index in [2.05, 4.69) is 10.3 Å². The smallest absolute Gasteiger partial charge is 0.405 e. The van der Waals surface area contributed by atoms with Crippen LogP contribution in [0.2, 0.25) is 0 Å². The highest BCUT2D eigenvalue weighted by molar-refractivity contribution is 7.20. The van der Waals surface area contributed by atoms with Gasteiger partial charge >= 0.3 is 6.09 Å². The molecule has 0 spiro atoms. The molecule has 12 heteroatoms. The maximum Gasteiger partial charge on any atom is 0.405 e. The molecular weight excluding hydrogens is 502 g/mol. The summed E-state index contributed by atoms with van der Waals surface area (Å²) in [6, 6.07) is 12.8. The normalized spacial score (nSPS) is 12.4. The van der Waals surface area contributed by atoms with Crippen LogP contribution < -0.4 is 11.1 Å². The fourth-order valence-corrected chi connectivity index (χ4v) is 5.19. The Morgan fingerprint density at radius 3 is 2.42 bits per heavy atom. The highest BCUT2D eigenvalue weighted by atomic mass is 32.1. The number of benzene rings is 1. The molecule has 184 valence electrons. The number of thiazole rings is 1. The monoisotopic (exact) mass is 523 g/mol. The number of nitro groups is 1. The number of aromatic nitrogens is 2. The second-order valence-corrected chi connectivity index (χ2v) is 9.53. The number of hydrogen-bond acceptors (Lipinski definition) is 9. The standard InChI is InChI=1S/C24H21N5O5S2/c25-24(31)34-20(13-16-7-9-26-10-8-16)22(30)27-18(12-15-3-5-17(6-4-15)29(32)33)19-14-36-23(28-19)21-2-1-11-35-21/h1-11,14,18,20H,12-13H2,(H2,25,31)(H,27,30)/t18-,20-/m0/s1. The first-order chi connectivity index (χ1) is 17.4. The summed E-state index contributed by atoms with van der Waals surface area (Å²) >= 11 is 3.00. The van der Waals surface area contributed by atoms with E-state index in [1.165, 1.54) is 23.5 Å². The number of nitrogens with zero attached hydrogens (tertiary/aromatic N) is 3. The molecule has 10 nitrogen and oxygen atoms in total. The molecule has 0 radical (unpaired) electrons. The Morgan fingerprint density at radius 2 is 1.78 bits per heavy atom. The van der Waals surface area contributed by atoms with E-state index >= 15 is 0 Å². The molecule has 4 aromatic rings. The Labute approximate surface area is 213 Å². The van der Waals surface area contributed by atoms with Gasteiger partial charge in [0.15, 0.2) is 6.10 Å². The molecule has 0 aliphatic carbocycles. The number of carbonyl (C=O) groups is 2. The maximum atomic E-state index is 13.3. The molecular formula is C24H21N5O5S2. The van der Waals surface area contributed by atoms with Gasteiger partial charge in [0.1, 0.15) is 5.01 Å². The van der Waals surface area contributed by atoms with E-state index in [4.69, 9.17) is 15.5 Å². The first-order valence-electron chi connectivity index (χ1n) is 10.8. The molecule has 3 N–H and O–H groups in total. The van der Waals surface area contributed by atoms with E-state index in [1.807, 2.05) is 22.9 Å². The van der Waals surface area contributed by atoms with Crippen LogP contribution >= 0.6 is 22.7 Å². The highest BCUT2D eigenvalue weighted by Gasteiger charge is 2.27. The minimum atomic E-state index is -1.17. The number of nitrogens with two attached hydrogens (primary N) is 1. The zero-order chi connectivity index (χ0) is 25.5. The molecule has 4 rings (SSSR count). The third-order valence-corrected chi connectivity index (χ3v) is 7.14. The largest absolute Gasteiger partial charge is 0.436 e. The summed E-state index contributed by atoms with van der Waals surface area (Å²) in [6.07, 6.45) is 1.35. The van der Waals surface area contributed by atoms with Gasteiger partial charge in [0.2, 0.25) is 0 Å². The van der Waals surface area contributed by atoms with Crippen molar-refractivity contribution in [2.24, 2.45) is 5.73 Å². The van der Waals surface area contributed by atoms with Crippen molar-refractivity contribution < 1.29 is 19.2 Å². The SMILES string of the molecule is NC(=O)O[C@@H](Cc1ccncc1)C(=O)N[C@@H](Cc1ccc([N+](=O)[O-])cc1)c1csc(-c2cccs2)n1. The average molecular weight is 524 g/mol. The molecule has 2 amide bonds. The molecule has 1 aromatic carbocycles. The number of carbonyl (C=O) groups excluding carboxylic acids is 2. The molecule has 3 heterocycles. The van der Waals surface area contributed by atoms with Gasteiger partial charge in [0.25, 0.3) is 11.6 Å². The summed E-state index contributed by atoms with van der Waals surface area (Å²) in [5.74, 6) is -0.539. The first-order valence-corrected chi connectivity index (χ1v) is 12.5. The van der Waals surface area contributed by atoms with Gasteiger partial charge in [0, 0.05) is 36.3 Å². The van der Waals surface area contributed by atoms with Crippen molar-refractivity contribution in [1.29, 1.82) is 0 Å². The van der Waals surface area contributed by atoms with Gasteiger partial charge in [-0.25, -0.2) is 9.78 Å². The molecule has 0 bridgehead atoms. The second kappa shape index (κ2) is 11.5. The van der Waals surface area contributed by atoms with E-state index in [0.29, 0.717) is 12.1 Å². The fraction of sp³-hybridized carbons (Fsp3) is 0.167. The van der Waals surface area contributed by atoms with Gasteiger partial charge in [-0.1, -0.05) is 18.2 Å². The molecule has 0 saturated heterocycles. The fourth-order valence-electron chi connectivity index (χ4n) is 3.50. The predicted octanol–water partition coefficient (Wildman–Crippen LogP) is 4.28. The zero-order valence-corrected chi connectivity index (χ0v) is 20.4. The number of rotatable bonds is 10. The lowest BCUT2D eigenvalue weighted by atomic mass is 10.0. The molecule has 3 aromatic heterocycles. The average Bonchev–Trinajstić information content (AvgIpc) is 3.56. The Bertz CT molecular complexity index is 1330. The number of nitro benzene ring substituents is 1. The van der Waals surface area contributed by atoms with Crippen LogP contribution in [0.15, 0.2) is 71.7 Å². The minimum Gasteiger partial charge on any atom is -0.436 e. The van der Waals surface area contributed by atoms with Crippen LogP contribution in [0.25, 0.3) is 9.88 Å². The number of non-ortho nitro benzene ring substituents is 1. The predicted molar refractivity (Wildman–Crippen MR) is 136 cm³/mol. The van der Waals surface area contributed by atoms with Crippen LogP contribution in [0.1, 0.15) is 22.9 Å². The minimum absolute atomic E-state index is 0.0275. The summed E-state index contributed by atoms with van der Waals surface area (Å²) < 4.78 is 5.12. The van der Waals surface area contributed by atoms with E-state index in [1.54, 1.807) is 48.0 Å². The number of pyridine rings is 1. The van der Waals surface area contributed by atoms with Gasteiger partial charge in [-0.15, -0.1) is 22.7 Å². The third kappa shape index (κ3) is 6.49. The molecule has 2 atom stereocenters. The van der Waals surface area contributed by atoms with Crippen LogP contribution in [0.4, 0.5) is 10.5 Å². The third-order valence-electron chi connectivity index (χ3n) is 5.24. The number of amides is 2. The van der Waals surface area contributed by atoms with E-state index in [-0.39, 0.29) is 12.1 Å². The lowest BCUT2D eigenvalue weighted by Crippen LogP contribution is -2.42. The van der Waals surface area contributed by atoms with Crippen LogP contribution in [0.3, 0.4) is 0 Å². The number of primary amides is 1. The lowest BCUT2D eigenvalue weighted by molar-refractivity contribution is -0.384. The quantitative estimate of drug-likeness (QED) is 0.233.